The first-order valence-corrected chi connectivity index (χ1v) is 24.9. The monoisotopic (exact) mass is 991 g/mol. The van der Waals surface area contributed by atoms with E-state index in [1.54, 1.807) is 32.0 Å². The van der Waals surface area contributed by atoms with Crippen molar-refractivity contribution in [3.8, 4) is 11.5 Å². The molecular weight excluding hydrogens is 934 g/mol. The maximum absolute atomic E-state index is 14.6. The van der Waals surface area contributed by atoms with E-state index >= 15 is 0 Å². The molecule has 3 atom stereocenters. The minimum Gasteiger partial charge on any atom is -0.485 e. The lowest BCUT2D eigenvalue weighted by atomic mass is 9.93. The minimum absolute atomic E-state index is 0.0380. The number of phosphoric acid groups is 1. The fourth-order valence-corrected chi connectivity index (χ4v) is 8.36. The van der Waals surface area contributed by atoms with Crippen LogP contribution in [0.25, 0.3) is 0 Å². The lowest BCUT2D eigenvalue weighted by Crippen LogP contribution is -2.63. The van der Waals surface area contributed by atoms with Gasteiger partial charge in [0.15, 0.2) is 11.5 Å². The Hall–Kier alpha value is -7.58. The molecule has 0 unspecified atom stereocenters. The van der Waals surface area contributed by atoms with E-state index < -0.39 is 43.5 Å². The van der Waals surface area contributed by atoms with E-state index in [4.69, 9.17) is 32.5 Å². The number of carbonyl (C=O) groups is 3. The van der Waals surface area contributed by atoms with Gasteiger partial charge >= 0.3 is 19.9 Å². The zero-order valence-corrected chi connectivity index (χ0v) is 41.0. The summed E-state index contributed by atoms with van der Waals surface area (Å²) in [7, 11) is -4.36. The Morgan fingerprint density at radius 3 is 1.43 bits per heavy atom. The normalized spacial score (nSPS) is 12.9. The van der Waals surface area contributed by atoms with Gasteiger partial charge in [-0.25, -0.2) is 19.6 Å². The van der Waals surface area contributed by atoms with Gasteiger partial charge in [0.25, 0.3) is 5.91 Å². The van der Waals surface area contributed by atoms with Gasteiger partial charge in [0.1, 0.15) is 31.4 Å². The second-order valence-electron chi connectivity index (χ2n) is 17.0. The average Bonchev–Trinajstić information content (AvgIpc) is 3.42. The summed E-state index contributed by atoms with van der Waals surface area (Å²) >= 11 is 0. The minimum atomic E-state index is -4.36. The number of hydrogen-bond donors (Lipinski definition) is 3. The second kappa shape index (κ2) is 26.6. The first-order chi connectivity index (χ1) is 35.0. The van der Waals surface area contributed by atoms with Gasteiger partial charge in [0.05, 0.1) is 25.9 Å². The van der Waals surface area contributed by atoms with Crippen molar-refractivity contribution in [3.05, 3.63) is 239 Å². The maximum atomic E-state index is 14.6. The van der Waals surface area contributed by atoms with Gasteiger partial charge in [-0.05, 0) is 64.9 Å². The SMILES string of the molecule is C[C@@H](OCc1ccccc1)[C@H](NC(=O)OCc1ccccc1)C(=O)NN[C@@](C)(Cc1ccc(OP(=O)(OCc2ccccc2)OCc2ccccc2)c(OCc2ccccc2)c1)C(=O)OCc1ccccc1. The van der Waals surface area contributed by atoms with Crippen LogP contribution in [0.15, 0.2) is 200 Å². The number of alkyl carbamates (subject to hydrolysis) is 1. The van der Waals surface area contributed by atoms with Crippen molar-refractivity contribution >= 4 is 25.8 Å². The predicted molar refractivity (Wildman–Crippen MR) is 272 cm³/mol. The maximum Gasteiger partial charge on any atom is 0.530 e. The first-order valence-electron chi connectivity index (χ1n) is 23.4. The van der Waals surface area contributed by atoms with Crippen LogP contribution in [0, 0.1) is 0 Å². The van der Waals surface area contributed by atoms with E-state index in [0.717, 1.165) is 33.4 Å². The van der Waals surface area contributed by atoms with Crippen LogP contribution in [0.3, 0.4) is 0 Å². The Labute approximate surface area is 420 Å². The van der Waals surface area contributed by atoms with E-state index in [1.165, 1.54) is 0 Å². The highest BCUT2D eigenvalue weighted by atomic mass is 31.2. The van der Waals surface area contributed by atoms with Crippen molar-refractivity contribution in [1.29, 1.82) is 0 Å². The molecule has 72 heavy (non-hydrogen) atoms. The molecule has 0 fully saturated rings. The molecule has 7 aromatic carbocycles. The molecule has 7 aromatic rings. The summed E-state index contributed by atoms with van der Waals surface area (Å²) < 4.78 is 56.6. The van der Waals surface area contributed by atoms with Gasteiger partial charge in [0, 0.05) is 6.42 Å². The standard InChI is InChI=1S/C57H58N3O11P/c1-43(65-37-44-21-9-3-10-22-44)53(58-56(63)68-40-47-27-15-6-16-28-47)54(61)59-60-57(2,55(62)67-39-46-25-13-5-14-26-46)36-50-33-34-51(52(35-50)66-38-45-23-11-4-12-24-45)71-72(64,69-41-48-29-17-7-18-30-48)70-42-49-31-19-8-20-32-49/h3-35,43,53,60H,36-42H2,1-2H3,(H,58,63)(H,59,61)/t43-,53+,57+/m1/s1. The van der Waals surface area contributed by atoms with Crippen molar-refractivity contribution in [3.63, 3.8) is 0 Å². The topological polar surface area (TPSA) is 169 Å². The molecule has 0 saturated carbocycles. The molecule has 7 rings (SSSR count). The largest absolute Gasteiger partial charge is 0.530 e. The number of carbonyl (C=O) groups excluding carboxylic acids is 3. The quantitative estimate of drug-likeness (QED) is 0.0267. The number of benzene rings is 7. The average molecular weight is 992 g/mol. The zero-order valence-electron chi connectivity index (χ0n) is 40.1. The molecule has 3 N–H and O–H groups in total. The molecule has 0 spiro atoms. The second-order valence-corrected chi connectivity index (χ2v) is 18.6. The third-order valence-electron chi connectivity index (χ3n) is 11.2. The molecule has 0 aliphatic rings. The number of hydrogen-bond acceptors (Lipinski definition) is 12. The number of nitrogens with one attached hydrogen (secondary N) is 3. The number of ether oxygens (including phenoxy) is 4. The molecule has 2 amide bonds. The van der Waals surface area contributed by atoms with Gasteiger partial charge in [-0.2, -0.15) is 0 Å². The summed E-state index contributed by atoms with van der Waals surface area (Å²) in [5.41, 5.74) is 9.15. The molecule has 15 heteroatoms. The molecule has 14 nitrogen and oxygen atoms in total. The molecule has 0 aliphatic heterocycles. The van der Waals surface area contributed by atoms with E-state index in [1.807, 2.05) is 182 Å². The van der Waals surface area contributed by atoms with Crippen molar-refractivity contribution in [2.75, 3.05) is 0 Å². The van der Waals surface area contributed by atoms with Crippen LogP contribution < -0.4 is 25.4 Å². The Morgan fingerprint density at radius 1 is 0.514 bits per heavy atom. The van der Waals surface area contributed by atoms with Crippen LogP contribution in [0.2, 0.25) is 0 Å². The molecule has 372 valence electrons. The Morgan fingerprint density at radius 2 is 0.944 bits per heavy atom. The number of amides is 2. The number of hydrazine groups is 1. The van der Waals surface area contributed by atoms with Gasteiger partial charge in [-0.1, -0.05) is 188 Å². The Kier molecular flexibility index (Phi) is 19.3. The molecular formula is C57H58N3O11P. The predicted octanol–water partition coefficient (Wildman–Crippen LogP) is 10.8. The van der Waals surface area contributed by atoms with Crippen LogP contribution in [-0.4, -0.2) is 35.7 Å². The summed E-state index contributed by atoms with van der Waals surface area (Å²) in [4.78, 5) is 41.9. The molecule has 0 bridgehead atoms. The fourth-order valence-electron chi connectivity index (χ4n) is 7.17. The van der Waals surface area contributed by atoms with E-state index in [0.29, 0.717) is 5.56 Å². The highest BCUT2D eigenvalue weighted by molar-refractivity contribution is 7.48. The van der Waals surface area contributed by atoms with Gasteiger partial charge in [-0.15, -0.1) is 0 Å². The van der Waals surface area contributed by atoms with Gasteiger partial charge in [0.2, 0.25) is 0 Å². The number of esters is 1. The van der Waals surface area contributed by atoms with Crippen LogP contribution >= 0.6 is 7.82 Å². The van der Waals surface area contributed by atoms with E-state index in [-0.39, 0.29) is 57.6 Å². The van der Waals surface area contributed by atoms with Gasteiger partial charge < -0.3 is 28.8 Å². The summed E-state index contributed by atoms with van der Waals surface area (Å²) in [5, 5.41) is 2.65. The molecule has 0 aromatic heterocycles. The zero-order chi connectivity index (χ0) is 50.4. The van der Waals surface area contributed by atoms with Crippen LogP contribution in [-0.2, 0) is 83.5 Å². The van der Waals surface area contributed by atoms with Crippen molar-refractivity contribution in [2.24, 2.45) is 0 Å². The van der Waals surface area contributed by atoms with Crippen molar-refractivity contribution in [2.45, 2.75) is 77.6 Å². The third-order valence-corrected chi connectivity index (χ3v) is 12.5. The van der Waals surface area contributed by atoms with Crippen LogP contribution in [0.5, 0.6) is 11.5 Å². The van der Waals surface area contributed by atoms with Crippen LogP contribution in [0.4, 0.5) is 4.79 Å². The fraction of sp³-hybridized carbons (Fsp3) is 0.211. The number of rotatable bonds is 26. The molecule has 0 saturated heterocycles. The van der Waals surface area contributed by atoms with Gasteiger partial charge in [-0.3, -0.25) is 19.3 Å². The number of phosphoric ester groups is 1. The summed E-state index contributed by atoms with van der Waals surface area (Å²) in [6.45, 7) is 3.21. The highest BCUT2D eigenvalue weighted by Gasteiger charge is 2.38. The third kappa shape index (κ3) is 16.5. The molecule has 0 radical (unpaired) electrons. The lowest BCUT2D eigenvalue weighted by Gasteiger charge is -2.31. The summed E-state index contributed by atoms with van der Waals surface area (Å²) in [5.74, 6) is -1.24. The molecule has 0 heterocycles. The van der Waals surface area contributed by atoms with E-state index in [9.17, 15) is 18.9 Å². The smallest absolute Gasteiger partial charge is 0.485 e. The van der Waals surface area contributed by atoms with E-state index in [2.05, 4.69) is 16.2 Å². The Bertz CT molecular complexity index is 2770. The first kappa shape index (κ1) is 52.2. The Balaban J connectivity index is 1.15. The highest BCUT2D eigenvalue weighted by Crippen LogP contribution is 2.53. The molecule has 0 aliphatic carbocycles. The summed E-state index contributed by atoms with van der Waals surface area (Å²) in [6.07, 6.45) is -1.83. The van der Waals surface area contributed by atoms with Crippen molar-refractivity contribution < 1.29 is 51.5 Å². The summed E-state index contributed by atoms with van der Waals surface area (Å²) in [6, 6.07) is 59.1. The lowest BCUT2D eigenvalue weighted by molar-refractivity contribution is -0.153. The van der Waals surface area contributed by atoms with Crippen LogP contribution in [0.1, 0.15) is 52.8 Å². The van der Waals surface area contributed by atoms with Crippen molar-refractivity contribution in [1.82, 2.24) is 16.2 Å².